The van der Waals surface area contributed by atoms with Crippen LogP contribution >= 0.6 is 0 Å². The van der Waals surface area contributed by atoms with E-state index in [1.165, 1.54) is 0 Å². The van der Waals surface area contributed by atoms with Gasteiger partial charge in [-0.25, -0.2) is 0 Å². The minimum Gasteiger partial charge on any atom is -0.492 e. The fourth-order valence-corrected chi connectivity index (χ4v) is 13.8. The third kappa shape index (κ3) is 4.84. The van der Waals surface area contributed by atoms with Crippen molar-refractivity contribution in [3.8, 4) is 0 Å². The minimum absolute atomic E-state index is 0.0927. The maximum Gasteiger partial charge on any atom is 0.349 e. The molecule has 0 spiro atoms. The molecule has 0 aromatic heterocycles. The van der Waals surface area contributed by atoms with Crippen molar-refractivity contribution in [2.45, 2.75) is 122 Å². The summed E-state index contributed by atoms with van der Waals surface area (Å²) in [6, 6.07) is 3.24. The number of ether oxygens (including phenoxy) is 1. The van der Waals surface area contributed by atoms with E-state index in [0.29, 0.717) is 12.0 Å². The second-order valence-corrected chi connectivity index (χ2v) is 24.7. The van der Waals surface area contributed by atoms with Gasteiger partial charge < -0.3 is 22.8 Å². The van der Waals surface area contributed by atoms with E-state index < -0.39 is 25.2 Å². The third-order valence-electron chi connectivity index (χ3n) is 6.93. The lowest BCUT2D eigenvalue weighted by molar-refractivity contribution is -0.124. The number of hydrogen-bond acceptors (Lipinski definition) is 5. The Kier molecular flexibility index (Phi) is 7.67. The van der Waals surface area contributed by atoms with Crippen LogP contribution in [0.4, 0.5) is 0 Å². The van der Waals surface area contributed by atoms with Crippen LogP contribution in [0, 0.1) is 0 Å². The molecule has 1 fully saturated rings. The summed E-state index contributed by atoms with van der Waals surface area (Å²) in [4.78, 5) is 10.8. The molecule has 2 aliphatic heterocycles. The zero-order valence-electron chi connectivity index (χ0n) is 21.2. The van der Waals surface area contributed by atoms with Gasteiger partial charge in [0.15, 0.2) is 8.32 Å². The summed E-state index contributed by atoms with van der Waals surface area (Å²) in [6.45, 7) is 24.4. The smallest absolute Gasteiger partial charge is 0.349 e. The van der Waals surface area contributed by atoms with Crippen LogP contribution in [0.15, 0.2) is 11.5 Å². The van der Waals surface area contributed by atoms with Crippen LogP contribution in [-0.4, -0.2) is 54.9 Å². The Morgan fingerprint density at radius 2 is 1.53 bits per heavy atom. The van der Waals surface area contributed by atoms with Crippen molar-refractivity contribution in [2.24, 2.45) is 0 Å². The molecule has 0 unspecified atom stereocenters. The molecule has 0 saturated carbocycles. The quantitative estimate of drug-likeness (QED) is 0.489. The van der Waals surface area contributed by atoms with Gasteiger partial charge in [0, 0.05) is 10.1 Å². The number of hydrogen-bond donors (Lipinski definition) is 1. The van der Waals surface area contributed by atoms with Crippen molar-refractivity contribution in [1.82, 2.24) is 0 Å². The molecule has 0 radical (unpaired) electrons. The second kappa shape index (κ2) is 8.76. The molecule has 176 valence electrons. The molecular formula is C22H46O5Si3. The standard InChI is InChI=1S/C22H46O5Si3/c1-12-29(13-2,14-3)26-17-15-19(28(10,11)23)25-18-16-24-30(21(4,5)6,22(7,8)9)27-20(17)18/h15,17-18,20,23H,12-14,16H2,1-11H3/t17-,18-,20+/m1/s1. The normalized spacial score (nSPS) is 27.9. The predicted octanol–water partition coefficient (Wildman–Crippen LogP) is 5.85. The zero-order valence-corrected chi connectivity index (χ0v) is 24.2. The lowest BCUT2D eigenvalue weighted by Crippen LogP contribution is -2.68. The molecule has 0 bridgehead atoms. The summed E-state index contributed by atoms with van der Waals surface area (Å²) in [6.07, 6.45) is 1.42. The van der Waals surface area contributed by atoms with Crippen LogP contribution in [0.2, 0.25) is 41.3 Å². The van der Waals surface area contributed by atoms with Gasteiger partial charge in [-0.15, -0.1) is 0 Å². The first kappa shape index (κ1) is 26.3. The van der Waals surface area contributed by atoms with Crippen LogP contribution in [0.25, 0.3) is 0 Å². The van der Waals surface area contributed by atoms with E-state index in [1.807, 2.05) is 19.2 Å². The maximum absolute atomic E-state index is 10.8. The van der Waals surface area contributed by atoms with Crippen LogP contribution in [0.5, 0.6) is 0 Å². The average Bonchev–Trinajstić information content (AvgIpc) is 2.63. The Morgan fingerprint density at radius 1 is 1.03 bits per heavy atom. The van der Waals surface area contributed by atoms with Crippen molar-refractivity contribution in [3.05, 3.63) is 11.5 Å². The Bertz CT molecular complexity index is 604. The molecule has 5 nitrogen and oxygen atoms in total. The van der Waals surface area contributed by atoms with Crippen LogP contribution < -0.4 is 0 Å². The average molecular weight is 475 g/mol. The van der Waals surface area contributed by atoms with Crippen LogP contribution in [0.3, 0.4) is 0 Å². The fraction of sp³-hybridized carbons (Fsp3) is 0.909. The molecule has 0 aromatic rings. The van der Waals surface area contributed by atoms with Gasteiger partial charge in [-0.2, -0.15) is 0 Å². The lowest BCUT2D eigenvalue weighted by Gasteiger charge is -2.57. The van der Waals surface area contributed by atoms with E-state index in [9.17, 15) is 4.80 Å². The van der Waals surface area contributed by atoms with E-state index in [0.717, 1.165) is 18.1 Å². The molecule has 1 saturated heterocycles. The first-order chi connectivity index (χ1) is 13.6. The molecule has 30 heavy (non-hydrogen) atoms. The highest BCUT2D eigenvalue weighted by Crippen LogP contribution is 2.55. The number of rotatable bonds is 6. The zero-order chi connectivity index (χ0) is 23.2. The topological polar surface area (TPSA) is 57.2 Å². The van der Waals surface area contributed by atoms with Gasteiger partial charge in [0.25, 0.3) is 8.32 Å². The highest BCUT2D eigenvalue weighted by molar-refractivity contribution is 6.77. The van der Waals surface area contributed by atoms with Crippen molar-refractivity contribution in [3.63, 3.8) is 0 Å². The molecule has 0 aromatic carbocycles. The maximum atomic E-state index is 10.8. The Labute approximate surface area is 188 Å². The van der Waals surface area contributed by atoms with Crippen molar-refractivity contribution in [1.29, 1.82) is 0 Å². The summed E-state index contributed by atoms with van der Waals surface area (Å²) in [5.41, 5.74) is 0. The first-order valence-electron chi connectivity index (χ1n) is 11.7. The highest BCUT2D eigenvalue weighted by Gasteiger charge is 2.64. The SMILES string of the molecule is CC[Si](CC)(CC)O[C@@H]1C=C([Si](C)(C)O)O[C@@H]2CO[Si](C(C)(C)C)(C(C)(C)C)O[C@@H]12. The molecule has 0 amide bonds. The van der Waals surface area contributed by atoms with Crippen molar-refractivity contribution < 1.29 is 22.8 Å². The molecule has 2 aliphatic rings. The first-order valence-corrected chi connectivity index (χ1v) is 19.0. The Morgan fingerprint density at radius 3 is 1.93 bits per heavy atom. The van der Waals surface area contributed by atoms with E-state index in [-0.39, 0.29) is 28.4 Å². The predicted molar refractivity (Wildman–Crippen MR) is 131 cm³/mol. The molecule has 1 N–H and O–H groups in total. The third-order valence-corrected chi connectivity index (χ3v) is 18.2. The second-order valence-electron chi connectivity index (χ2n) is 11.6. The van der Waals surface area contributed by atoms with E-state index in [4.69, 9.17) is 18.0 Å². The minimum atomic E-state index is -2.63. The number of fused-ring (bicyclic) bond motifs is 1. The van der Waals surface area contributed by atoms with Crippen molar-refractivity contribution in [2.75, 3.05) is 6.61 Å². The molecule has 3 atom stereocenters. The Balaban J connectivity index is 2.53. The lowest BCUT2D eigenvalue weighted by atomic mass is 10.1. The van der Waals surface area contributed by atoms with E-state index in [2.05, 4.69) is 62.3 Å². The van der Waals surface area contributed by atoms with Gasteiger partial charge >= 0.3 is 8.56 Å². The van der Waals surface area contributed by atoms with Gasteiger partial charge in [-0.05, 0) is 37.3 Å². The van der Waals surface area contributed by atoms with E-state index in [1.54, 1.807) is 0 Å². The molecule has 8 heteroatoms. The largest absolute Gasteiger partial charge is 0.492 e. The monoisotopic (exact) mass is 474 g/mol. The van der Waals surface area contributed by atoms with Crippen LogP contribution in [-0.2, 0) is 18.0 Å². The van der Waals surface area contributed by atoms with Crippen molar-refractivity contribution >= 4 is 25.2 Å². The van der Waals surface area contributed by atoms with Gasteiger partial charge in [0.2, 0.25) is 0 Å². The summed E-state index contributed by atoms with van der Waals surface area (Å²) >= 11 is 0. The summed E-state index contributed by atoms with van der Waals surface area (Å²) in [7, 11) is -7.13. The molecule has 2 heterocycles. The van der Waals surface area contributed by atoms with E-state index >= 15 is 0 Å². The molecule has 2 rings (SSSR count). The summed E-state index contributed by atoms with van der Waals surface area (Å²) < 4.78 is 26.9. The molecular weight excluding hydrogens is 428 g/mol. The summed E-state index contributed by atoms with van der Waals surface area (Å²) in [5, 5.41) is 0.516. The molecule has 0 aliphatic carbocycles. The van der Waals surface area contributed by atoms with Crippen LogP contribution in [0.1, 0.15) is 62.3 Å². The fourth-order valence-electron chi connectivity index (χ4n) is 5.07. The van der Waals surface area contributed by atoms with Gasteiger partial charge in [0.05, 0.1) is 12.7 Å². The highest BCUT2D eigenvalue weighted by atomic mass is 28.4. The van der Waals surface area contributed by atoms with Gasteiger partial charge in [-0.1, -0.05) is 62.3 Å². The Hall–Kier alpha value is 0.0306. The van der Waals surface area contributed by atoms with Gasteiger partial charge in [0.1, 0.15) is 17.6 Å². The summed E-state index contributed by atoms with van der Waals surface area (Å²) in [5.74, 6) is 0. The van der Waals surface area contributed by atoms with Gasteiger partial charge in [-0.3, -0.25) is 0 Å².